The first-order valence-corrected chi connectivity index (χ1v) is 3.07. The molecule has 0 aliphatic heterocycles. The second-order valence-electron chi connectivity index (χ2n) is 2.19. The average Bonchev–Trinajstić information content (AvgIpc) is 1.84. The van der Waals surface area contributed by atoms with E-state index in [-0.39, 0.29) is 11.1 Å². The molecular weight excluding hydrogens is 164 g/mol. The molecule has 0 amide bonds. The first kappa shape index (κ1) is 10.3. The van der Waals surface area contributed by atoms with Gasteiger partial charge in [-0.15, -0.1) is 0 Å². The summed E-state index contributed by atoms with van der Waals surface area (Å²) in [6, 6.07) is 0. The molecule has 0 aromatic carbocycles. The number of nitrogens with zero attached hydrogens (tertiary/aromatic N) is 2. The Morgan fingerprint density at radius 3 is 1.42 bits per heavy atom. The molecule has 12 heavy (non-hydrogen) atoms. The predicted molar refractivity (Wildman–Crippen MR) is 41.5 cm³/mol. The van der Waals surface area contributed by atoms with Crippen LogP contribution in [0.15, 0.2) is 23.5 Å². The molecule has 0 saturated carbocycles. The highest BCUT2D eigenvalue weighted by Crippen LogP contribution is 2.07. The van der Waals surface area contributed by atoms with E-state index < -0.39 is 9.85 Å². The minimum absolute atomic E-state index is 0.275. The molecule has 0 atom stereocenters. The molecule has 6 heteroatoms. The van der Waals surface area contributed by atoms with Crippen molar-refractivity contribution in [1.29, 1.82) is 0 Å². The highest BCUT2D eigenvalue weighted by molar-refractivity contribution is 5.22. The van der Waals surface area contributed by atoms with E-state index in [4.69, 9.17) is 0 Å². The highest BCUT2D eigenvalue weighted by atomic mass is 16.6. The second-order valence-corrected chi connectivity index (χ2v) is 2.19. The molecule has 0 N–H and O–H groups in total. The largest absolute Gasteiger partial charge is 0.259 e. The van der Waals surface area contributed by atoms with Crippen LogP contribution in [0.3, 0.4) is 0 Å². The summed E-state index contributed by atoms with van der Waals surface area (Å²) in [5.41, 5.74) is 0.549. The molecule has 0 bridgehead atoms. The zero-order chi connectivity index (χ0) is 9.72. The quantitative estimate of drug-likeness (QED) is 0.365. The maximum absolute atomic E-state index is 9.93. The van der Waals surface area contributed by atoms with Crippen molar-refractivity contribution >= 4 is 0 Å². The Hall–Kier alpha value is -1.72. The maximum atomic E-state index is 9.93. The van der Waals surface area contributed by atoms with Gasteiger partial charge in [0.25, 0.3) is 0 Å². The summed E-state index contributed by atoms with van der Waals surface area (Å²) < 4.78 is 0. The summed E-state index contributed by atoms with van der Waals surface area (Å²) in [7, 11) is 0. The molecule has 0 heterocycles. The Kier molecular flexibility index (Phi) is 3.61. The lowest BCUT2D eigenvalue weighted by Gasteiger charge is -1.91. The van der Waals surface area contributed by atoms with E-state index in [1.54, 1.807) is 0 Å². The highest BCUT2D eigenvalue weighted by Gasteiger charge is 2.02. The molecule has 0 aromatic rings. The zero-order valence-corrected chi connectivity index (χ0v) is 6.68. The van der Waals surface area contributed by atoms with Gasteiger partial charge in [0.15, 0.2) is 0 Å². The fourth-order valence-electron chi connectivity index (χ4n) is 0.520. The lowest BCUT2D eigenvalue weighted by Crippen LogP contribution is -1.92. The Balaban J connectivity index is 4.59. The number of hydrogen-bond donors (Lipinski definition) is 0. The average molecular weight is 172 g/mol. The van der Waals surface area contributed by atoms with Crippen molar-refractivity contribution in [2.75, 3.05) is 0 Å². The number of rotatable bonds is 3. The van der Waals surface area contributed by atoms with Crippen LogP contribution in [0.25, 0.3) is 0 Å². The molecule has 0 fully saturated rings. The first-order valence-electron chi connectivity index (χ1n) is 3.07. The van der Waals surface area contributed by atoms with E-state index in [1.807, 2.05) is 0 Å². The smallest absolute Gasteiger partial charge is 0.237 e. The van der Waals surface area contributed by atoms with Crippen molar-refractivity contribution in [2.24, 2.45) is 0 Å². The molecule has 0 aliphatic carbocycles. The van der Waals surface area contributed by atoms with Gasteiger partial charge in [-0.2, -0.15) is 0 Å². The Morgan fingerprint density at radius 2 is 1.25 bits per heavy atom. The Morgan fingerprint density at radius 1 is 1.00 bits per heavy atom. The van der Waals surface area contributed by atoms with Crippen molar-refractivity contribution in [3.8, 4) is 0 Å². The summed E-state index contributed by atoms with van der Waals surface area (Å²) in [5, 5.41) is 19.9. The molecule has 0 spiro atoms. The van der Waals surface area contributed by atoms with Crippen LogP contribution in [0.4, 0.5) is 0 Å². The molecule has 6 nitrogen and oxygen atoms in total. The van der Waals surface area contributed by atoms with Crippen molar-refractivity contribution in [1.82, 2.24) is 0 Å². The van der Waals surface area contributed by atoms with Gasteiger partial charge in [0.1, 0.15) is 0 Å². The number of allylic oxidation sites excluding steroid dienone is 2. The van der Waals surface area contributed by atoms with Gasteiger partial charge >= 0.3 is 0 Å². The summed E-state index contributed by atoms with van der Waals surface area (Å²) >= 11 is 0. The van der Waals surface area contributed by atoms with Crippen LogP contribution in [-0.2, 0) is 0 Å². The molecule has 0 radical (unpaired) electrons. The van der Waals surface area contributed by atoms with E-state index in [0.29, 0.717) is 0 Å². The normalized spacial score (nSPS) is 12.8. The van der Waals surface area contributed by atoms with E-state index in [0.717, 1.165) is 12.4 Å². The third-order valence-corrected chi connectivity index (χ3v) is 1.22. The molecule has 0 unspecified atom stereocenters. The third-order valence-electron chi connectivity index (χ3n) is 1.22. The molecule has 0 aliphatic rings. The van der Waals surface area contributed by atoms with Gasteiger partial charge in [-0.25, -0.2) is 0 Å². The topological polar surface area (TPSA) is 86.3 Å². The van der Waals surface area contributed by atoms with E-state index in [9.17, 15) is 20.2 Å². The van der Waals surface area contributed by atoms with Gasteiger partial charge in [0.05, 0.1) is 9.85 Å². The monoisotopic (exact) mass is 172 g/mol. The second kappa shape index (κ2) is 4.22. The summed E-state index contributed by atoms with van der Waals surface area (Å²) in [6.45, 7) is 2.89. The van der Waals surface area contributed by atoms with Gasteiger partial charge < -0.3 is 0 Å². The number of hydrogen-bond acceptors (Lipinski definition) is 4. The minimum Gasteiger partial charge on any atom is -0.259 e. The van der Waals surface area contributed by atoms with Gasteiger partial charge in [0.2, 0.25) is 12.4 Å². The molecule has 0 aromatic heterocycles. The third kappa shape index (κ3) is 4.15. The Bertz CT molecular complexity index is 239. The van der Waals surface area contributed by atoms with Crippen LogP contribution >= 0.6 is 0 Å². The van der Waals surface area contributed by atoms with Crippen molar-refractivity contribution in [3.05, 3.63) is 43.8 Å². The zero-order valence-electron chi connectivity index (χ0n) is 6.68. The van der Waals surface area contributed by atoms with E-state index >= 15 is 0 Å². The van der Waals surface area contributed by atoms with Gasteiger partial charge in [-0.1, -0.05) is 0 Å². The lowest BCUT2D eigenvalue weighted by molar-refractivity contribution is -0.405. The predicted octanol–water partition coefficient (Wildman–Crippen LogP) is 1.35. The molecular formula is C6H8N2O4. The van der Waals surface area contributed by atoms with Crippen LogP contribution < -0.4 is 0 Å². The molecule has 0 saturated heterocycles. The van der Waals surface area contributed by atoms with Crippen LogP contribution in [0.1, 0.15) is 13.8 Å². The van der Waals surface area contributed by atoms with Crippen LogP contribution in [0.5, 0.6) is 0 Å². The van der Waals surface area contributed by atoms with Crippen molar-refractivity contribution in [3.63, 3.8) is 0 Å². The number of nitro groups is 2. The summed E-state index contributed by atoms with van der Waals surface area (Å²) in [6.07, 6.45) is 1.46. The van der Waals surface area contributed by atoms with Gasteiger partial charge in [0, 0.05) is 11.1 Å². The molecule has 66 valence electrons. The molecule has 0 rings (SSSR count). The van der Waals surface area contributed by atoms with E-state index in [1.165, 1.54) is 13.8 Å². The van der Waals surface area contributed by atoms with Crippen LogP contribution in [0.2, 0.25) is 0 Å². The maximum Gasteiger partial charge on any atom is 0.237 e. The van der Waals surface area contributed by atoms with Crippen LogP contribution in [-0.4, -0.2) is 9.85 Å². The first-order chi connectivity index (χ1) is 5.43. The fourth-order valence-corrected chi connectivity index (χ4v) is 0.520. The summed E-state index contributed by atoms with van der Waals surface area (Å²) in [5.74, 6) is 0. The minimum atomic E-state index is -0.646. The standard InChI is InChI=1S/C6H8N2O4/c1-5(3-7(9)10)6(2)4-8(11)12/h3-4H,1-2H3. The van der Waals surface area contributed by atoms with Crippen LogP contribution in [0, 0.1) is 20.2 Å². The Labute approximate surface area is 68.5 Å². The van der Waals surface area contributed by atoms with Gasteiger partial charge in [-0.3, -0.25) is 20.2 Å². The van der Waals surface area contributed by atoms with Gasteiger partial charge in [-0.05, 0) is 13.8 Å². The van der Waals surface area contributed by atoms with Crippen molar-refractivity contribution in [2.45, 2.75) is 13.8 Å². The SMILES string of the molecule is CC(=C[N+](=O)[O-])C(C)=C[N+](=O)[O-]. The van der Waals surface area contributed by atoms with Crippen molar-refractivity contribution < 1.29 is 9.85 Å². The fraction of sp³-hybridized carbons (Fsp3) is 0.333. The lowest BCUT2D eigenvalue weighted by atomic mass is 10.2. The van der Waals surface area contributed by atoms with E-state index in [2.05, 4.69) is 0 Å². The summed E-state index contributed by atoms with van der Waals surface area (Å²) in [4.78, 5) is 18.6.